The van der Waals surface area contributed by atoms with Crippen molar-refractivity contribution in [3.8, 4) is 0 Å². The number of nitrogens with zero attached hydrogens (tertiary/aromatic N) is 2. The maximum atomic E-state index is 15.0. The smallest absolute Gasteiger partial charge is 0.418 e. The average molecular weight is 592 g/mol. The summed E-state index contributed by atoms with van der Waals surface area (Å²) < 4.78 is 40.8. The van der Waals surface area contributed by atoms with Crippen LogP contribution in [-0.2, 0) is 19.8 Å². The Bertz CT molecular complexity index is 1020. The Kier molecular flexibility index (Phi) is 8.25. The van der Waals surface area contributed by atoms with Crippen LogP contribution in [0.5, 0.6) is 0 Å². The summed E-state index contributed by atoms with van der Waals surface area (Å²) in [6.07, 6.45) is 0.360. The third kappa shape index (κ3) is 6.34. The Morgan fingerprint density at radius 2 is 2.06 bits per heavy atom. The molecular formula is C24H33BrF2N2O4SSi. The van der Waals surface area contributed by atoms with Crippen LogP contribution in [0.25, 0.3) is 0 Å². The van der Waals surface area contributed by atoms with Crippen LogP contribution in [0.4, 0.5) is 13.6 Å². The zero-order valence-corrected chi connectivity index (χ0v) is 24.4. The fourth-order valence-electron chi connectivity index (χ4n) is 3.97. The van der Waals surface area contributed by atoms with E-state index in [-0.39, 0.29) is 17.5 Å². The summed E-state index contributed by atoms with van der Waals surface area (Å²) in [5.74, 6) is -1.16. The van der Waals surface area contributed by atoms with Crippen LogP contribution < -0.4 is 0 Å². The third-order valence-electron chi connectivity index (χ3n) is 5.97. The van der Waals surface area contributed by atoms with Crippen molar-refractivity contribution in [2.45, 2.75) is 68.8 Å². The summed E-state index contributed by atoms with van der Waals surface area (Å²) >= 11 is 4.42. The van der Waals surface area contributed by atoms with Gasteiger partial charge in [-0.05, 0) is 51.4 Å². The van der Waals surface area contributed by atoms with Crippen LogP contribution in [0.3, 0.4) is 0 Å². The second-order valence-electron chi connectivity index (χ2n) is 11.3. The van der Waals surface area contributed by atoms with Gasteiger partial charge in [-0.15, -0.1) is 0 Å². The first kappa shape index (κ1) is 28.3. The first-order valence-electron chi connectivity index (χ1n) is 11.5. The van der Waals surface area contributed by atoms with Gasteiger partial charge in [0.15, 0.2) is 5.17 Å². The molecule has 0 aromatic heterocycles. The summed E-state index contributed by atoms with van der Waals surface area (Å²) in [5, 5.41) is 0.0881. The van der Waals surface area contributed by atoms with Crippen LogP contribution in [0, 0.1) is 11.7 Å². The molecule has 1 aromatic rings. The van der Waals surface area contributed by atoms with Crippen LogP contribution in [-0.4, -0.2) is 60.9 Å². The van der Waals surface area contributed by atoms with Gasteiger partial charge in [0.25, 0.3) is 0 Å². The number of aldehydes is 1. The lowest BCUT2D eigenvalue weighted by atomic mass is 9.85. The highest BCUT2D eigenvalue weighted by atomic mass is 79.9. The van der Waals surface area contributed by atoms with Gasteiger partial charge in [0.1, 0.15) is 36.6 Å². The topological polar surface area (TPSA) is 68.2 Å². The Morgan fingerprint density at radius 3 is 2.63 bits per heavy atom. The second-order valence-corrected chi connectivity index (χ2v) is 19.1. The molecule has 194 valence electrons. The minimum absolute atomic E-state index is 0.0460. The highest BCUT2D eigenvalue weighted by molar-refractivity contribution is 9.10. The molecule has 1 aliphatic heterocycles. The van der Waals surface area contributed by atoms with Crippen molar-refractivity contribution in [2.24, 2.45) is 10.9 Å². The molecule has 0 N–H and O–H groups in total. The second kappa shape index (κ2) is 10.2. The number of halogens is 3. The molecule has 3 atom stereocenters. The van der Waals surface area contributed by atoms with Gasteiger partial charge in [-0.25, -0.2) is 23.5 Å². The quantitative estimate of drug-likeness (QED) is 0.152. The highest BCUT2D eigenvalue weighted by Crippen LogP contribution is 2.66. The molecule has 1 heterocycles. The van der Waals surface area contributed by atoms with Crippen LogP contribution in [0.15, 0.2) is 27.7 Å². The highest BCUT2D eigenvalue weighted by Gasteiger charge is 2.69. The summed E-state index contributed by atoms with van der Waals surface area (Å²) in [7, 11) is -1.38. The van der Waals surface area contributed by atoms with E-state index in [1.807, 2.05) is 0 Å². The molecule has 1 amide bonds. The molecule has 6 nitrogen and oxygen atoms in total. The summed E-state index contributed by atoms with van der Waals surface area (Å²) in [6, 6.07) is 5.13. The molecular weight excluding hydrogens is 558 g/mol. The van der Waals surface area contributed by atoms with Gasteiger partial charge in [0, 0.05) is 30.6 Å². The summed E-state index contributed by atoms with van der Waals surface area (Å²) in [6.45, 7) is 11.1. The SMILES string of the molecule is CC(C)(C)OC(=O)N(COCC[Si](C)(C)C)C1=N[C@](CF)(c2cc(Br)ccc2F)C2C[C@]2(C=O)S1. The fourth-order valence-corrected chi connectivity index (χ4v) is 6.51. The van der Waals surface area contributed by atoms with E-state index in [4.69, 9.17) is 9.47 Å². The molecule has 1 aliphatic carbocycles. The van der Waals surface area contributed by atoms with Crippen LogP contribution in [0.1, 0.15) is 32.8 Å². The number of benzene rings is 1. The predicted molar refractivity (Wildman–Crippen MR) is 141 cm³/mol. The number of carbonyl (C=O) groups is 2. The predicted octanol–water partition coefficient (Wildman–Crippen LogP) is 6.36. The van der Waals surface area contributed by atoms with Crippen molar-refractivity contribution in [3.63, 3.8) is 0 Å². The fraction of sp³-hybridized carbons (Fsp3) is 0.625. The number of alkyl halides is 1. The van der Waals surface area contributed by atoms with E-state index in [9.17, 15) is 18.4 Å². The van der Waals surface area contributed by atoms with Gasteiger partial charge in [-0.2, -0.15) is 0 Å². The standard InChI is InChI=1S/C24H33BrF2N2O4SSi/c1-22(2,3)33-21(31)29(15-32-9-10-35(4,5)6)20-28-24(13-26,19-12-23(19,14-30)34-20)17-11-16(25)7-8-18(17)27/h7-8,11,14,19H,9-10,12-13,15H2,1-6H3/t19?,23-,24-/m1/s1. The van der Waals surface area contributed by atoms with Crippen molar-refractivity contribution < 1.29 is 27.8 Å². The van der Waals surface area contributed by atoms with Gasteiger partial charge in [0.2, 0.25) is 0 Å². The Hall–Kier alpha value is -1.30. The monoisotopic (exact) mass is 590 g/mol. The van der Waals surface area contributed by atoms with Crippen LogP contribution >= 0.6 is 27.7 Å². The molecule has 0 saturated heterocycles. The molecule has 0 radical (unpaired) electrons. The Balaban J connectivity index is 2.04. The van der Waals surface area contributed by atoms with Crippen molar-refractivity contribution in [1.82, 2.24) is 4.90 Å². The van der Waals surface area contributed by atoms with E-state index in [2.05, 4.69) is 40.6 Å². The average Bonchev–Trinajstić information content (AvgIpc) is 3.48. The molecule has 35 heavy (non-hydrogen) atoms. The van der Waals surface area contributed by atoms with E-state index in [1.54, 1.807) is 20.8 Å². The first-order valence-corrected chi connectivity index (χ1v) is 16.8. The first-order chi connectivity index (χ1) is 16.2. The van der Waals surface area contributed by atoms with Gasteiger partial charge in [-0.3, -0.25) is 0 Å². The number of amides is 1. The molecule has 1 aromatic carbocycles. The van der Waals surface area contributed by atoms with E-state index in [1.165, 1.54) is 23.1 Å². The van der Waals surface area contributed by atoms with Gasteiger partial charge in [0.05, 0.1) is 4.75 Å². The van der Waals surface area contributed by atoms with E-state index in [0.717, 1.165) is 24.1 Å². The zero-order valence-electron chi connectivity index (χ0n) is 21.0. The van der Waals surface area contributed by atoms with Gasteiger partial charge in [-0.1, -0.05) is 47.3 Å². The molecule has 0 spiro atoms. The molecule has 1 fully saturated rings. The van der Waals surface area contributed by atoms with E-state index < -0.39 is 48.5 Å². The minimum Gasteiger partial charge on any atom is -0.443 e. The van der Waals surface area contributed by atoms with Crippen LogP contribution in [0.2, 0.25) is 25.7 Å². The number of thioether (sulfide) groups is 1. The Morgan fingerprint density at radius 1 is 1.37 bits per heavy atom. The van der Waals surface area contributed by atoms with Gasteiger partial charge < -0.3 is 14.3 Å². The summed E-state index contributed by atoms with van der Waals surface area (Å²) in [5.41, 5.74) is -2.40. The van der Waals surface area contributed by atoms with Crippen molar-refractivity contribution >= 4 is 53.3 Å². The number of carbonyl (C=O) groups excluding carboxylic acids is 2. The summed E-state index contributed by atoms with van der Waals surface area (Å²) in [4.78, 5) is 31.2. The van der Waals surface area contributed by atoms with E-state index >= 15 is 0 Å². The minimum atomic E-state index is -1.64. The number of ether oxygens (including phenoxy) is 2. The zero-order chi connectivity index (χ0) is 26.2. The molecule has 0 bridgehead atoms. The van der Waals surface area contributed by atoms with Crippen molar-refractivity contribution in [2.75, 3.05) is 20.0 Å². The maximum Gasteiger partial charge on any atom is 0.418 e. The molecule has 3 rings (SSSR count). The number of aliphatic imine (C=N–C) groups is 1. The molecule has 1 unspecified atom stereocenters. The lowest BCUT2D eigenvalue weighted by Crippen LogP contribution is -2.47. The molecule has 2 aliphatic rings. The normalized spacial score (nSPS) is 26.0. The van der Waals surface area contributed by atoms with Gasteiger partial charge >= 0.3 is 6.09 Å². The third-order valence-corrected chi connectivity index (χ3v) is 9.58. The number of hydrogen-bond acceptors (Lipinski definition) is 6. The Labute approximate surface area is 219 Å². The number of rotatable bonds is 8. The van der Waals surface area contributed by atoms with Crippen molar-refractivity contribution in [3.05, 3.63) is 34.1 Å². The maximum absolute atomic E-state index is 15.0. The molecule has 11 heteroatoms. The van der Waals surface area contributed by atoms with E-state index in [0.29, 0.717) is 17.5 Å². The molecule has 1 saturated carbocycles. The number of fused-ring (bicyclic) bond motifs is 1. The number of hydrogen-bond donors (Lipinski definition) is 0. The van der Waals surface area contributed by atoms with Crippen molar-refractivity contribution in [1.29, 1.82) is 0 Å². The largest absolute Gasteiger partial charge is 0.443 e. The lowest BCUT2D eigenvalue weighted by molar-refractivity contribution is -0.108. The number of amidine groups is 1. The lowest BCUT2D eigenvalue weighted by Gasteiger charge is -2.37.